The summed E-state index contributed by atoms with van der Waals surface area (Å²) in [5.41, 5.74) is 1.52. The Morgan fingerprint density at radius 1 is 1.32 bits per heavy atom. The van der Waals surface area contributed by atoms with Crippen molar-refractivity contribution >= 4 is 21.1 Å². The van der Waals surface area contributed by atoms with Crippen LogP contribution in [-0.4, -0.2) is 18.0 Å². The molecule has 1 aromatic carbocycles. The van der Waals surface area contributed by atoms with E-state index in [1.807, 2.05) is 0 Å². The van der Waals surface area contributed by atoms with Gasteiger partial charge in [0.05, 0.1) is 10.4 Å². The summed E-state index contributed by atoms with van der Waals surface area (Å²) in [6.45, 7) is 0.137. The predicted octanol–water partition coefficient (Wildman–Crippen LogP) is 1.00. The molecule has 22 heavy (non-hydrogen) atoms. The second kappa shape index (κ2) is 5.39. The van der Waals surface area contributed by atoms with Gasteiger partial charge in [-0.25, -0.2) is 17.9 Å². The molecule has 2 aromatic heterocycles. The lowest BCUT2D eigenvalue weighted by molar-refractivity contribution is 0.528. The number of benzene rings is 1. The maximum atomic E-state index is 12.3. The Labute approximate surface area is 126 Å². The van der Waals surface area contributed by atoms with Gasteiger partial charge in [-0.3, -0.25) is 9.55 Å². The molecule has 0 aliphatic heterocycles. The monoisotopic (exact) mass is 319 g/mol. The average molecular weight is 319 g/mol. The molecular weight excluding hydrogens is 306 g/mol. The predicted molar refractivity (Wildman–Crippen MR) is 79.7 cm³/mol. The number of oxazole rings is 1. The smallest absolute Gasteiger partial charge is 0.408 e. The zero-order chi connectivity index (χ0) is 15.7. The van der Waals surface area contributed by atoms with Crippen LogP contribution < -0.4 is 10.5 Å². The third kappa shape index (κ3) is 2.66. The molecule has 0 radical (unpaired) electrons. The van der Waals surface area contributed by atoms with Gasteiger partial charge in [-0.2, -0.15) is 0 Å². The molecule has 2 heterocycles. The summed E-state index contributed by atoms with van der Waals surface area (Å²) in [6.07, 6.45) is 3.21. The first-order valence-corrected chi connectivity index (χ1v) is 7.94. The number of sulfonamides is 1. The number of fused-ring (bicyclic) bond motifs is 1. The summed E-state index contributed by atoms with van der Waals surface area (Å²) < 4.78 is 33.4. The number of hydrogen-bond acceptors (Lipinski definition) is 5. The maximum absolute atomic E-state index is 12.3. The van der Waals surface area contributed by atoms with Crippen molar-refractivity contribution in [2.75, 3.05) is 0 Å². The van der Waals surface area contributed by atoms with Gasteiger partial charge in [0, 0.05) is 26.0 Å². The van der Waals surface area contributed by atoms with Crippen LogP contribution in [0.4, 0.5) is 0 Å². The van der Waals surface area contributed by atoms with Gasteiger partial charge in [-0.1, -0.05) is 6.07 Å². The third-order valence-corrected chi connectivity index (χ3v) is 4.66. The van der Waals surface area contributed by atoms with Gasteiger partial charge in [0.2, 0.25) is 10.0 Å². The standard InChI is InChI=1S/C14H13N3O4S/c1-17-12-7-11(4-5-13(12)21-14(17)18)22(19,20)16-9-10-3-2-6-15-8-10/h2-8,16H,9H2,1H3. The highest BCUT2D eigenvalue weighted by Crippen LogP contribution is 2.18. The van der Waals surface area contributed by atoms with Crippen LogP contribution in [0.5, 0.6) is 0 Å². The number of rotatable bonds is 4. The summed E-state index contributed by atoms with van der Waals surface area (Å²) in [5, 5.41) is 0. The van der Waals surface area contributed by atoms with E-state index < -0.39 is 15.8 Å². The van der Waals surface area contributed by atoms with E-state index in [0.29, 0.717) is 11.1 Å². The zero-order valence-corrected chi connectivity index (χ0v) is 12.5. The molecule has 3 aromatic rings. The van der Waals surface area contributed by atoms with Gasteiger partial charge in [0.15, 0.2) is 5.58 Å². The maximum Gasteiger partial charge on any atom is 0.419 e. The largest absolute Gasteiger partial charge is 0.419 e. The molecule has 0 spiro atoms. The van der Waals surface area contributed by atoms with Gasteiger partial charge in [0.25, 0.3) is 0 Å². The van der Waals surface area contributed by atoms with E-state index in [9.17, 15) is 13.2 Å². The highest BCUT2D eigenvalue weighted by Gasteiger charge is 2.16. The second-order valence-electron chi connectivity index (χ2n) is 4.74. The van der Waals surface area contributed by atoms with Crippen LogP contribution in [0.2, 0.25) is 0 Å². The van der Waals surface area contributed by atoms with E-state index in [1.54, 1.807) is 24.5 Å². The minimum absolute atomic E-state index is 0.0697. The summed E-state index contributed by atoms with van der Waals surface area (Å²) in [7, 11) is -2.17. The van der Waals surface area contributed by atoms with Crippen molar-refractivity contribution in [1.29, 1.82) is 0 Å². The number of aryl methyl sites for hydroxylation is 1. The van der Waals surface area contributed by atoms with Crippen LogP contribution in [0, 0.1) is 0 Å². The van der Waals surface area contributed by atoms with Crippen LogP contribution in [0.3, 0.4) is 0 Å². The molecular formula is C14H13N3O4S. The SMILES string of the molecule is Cn1c(=O)oc2ccc(S(=O)(=O)NCc3cccnc3)cc21. The Balaban J connectivity index is 1.91. The lowest BCUT2D eigenvalue weighted by Crippen LogP contribution is -2.23. The summed E-state index contributed by atoms with van der Waals surface area (Å²) >= 11 is 0. The van der Waals surface area contributed by atoms with Gasteiger partial charge in [-0.05, 0) is 29.8 Å². The Morgan fingerprint density at radius 3 is 2.86 bits per heavy atom. The van der Waals surface area contributed by atoms with Crippen LogP contribution in [-0.2, 0) is 23.6 Å². The van der Waals surface area contributed by atoms with Crippen LogP contribution in [0.1, 0.15) is 5.56 Å². The van der Waals surface area contributed by atoms with Crippen molar-refractivity contribution in [3.8, 4) is 0 Å². The normalized spacial score (nSPS) is 11.9. The molecule has 0 aliphatic rings. The molecule has 3 rings (SSSR count). The van der Waals surface area contributed by atoms with Crippen LogP contribution in [0.25, 0.3) is 11.1 Å². The number of nitrogens with one attached hydrogen (secondary N) is 1. The number of hydrogen-bond donors (Lipinski definition) is 1. The van der Waals surface area contributed by atoms with Crippen LogP contribution >= 0.6 is 0 Å². The second-order valence-corrected chi connectivity index (χ2v) is 6.51. The summed E-state index contributed by atoms with van der Waals surface area (Å²) in [6, 6.07) is 7.79. The lowest BCUT2D eigenvalue weighted by Gasteiger charge is -2.06. The van der Waals surface area contributed by atoms with Crippen molar-refractivity contribution in [2.24, 2.45) is 7.05 Å². The van der Waals surface area contributed by atoms with Crippen molar-refractivity contribution in [2.45, 2.75) is 11.4 Å². The minimum atomic E-state index is -3.69. The quantitative estimate of drug-likeness (QED) is 0.774. The van der Waals surface area contributed by atoms with E-state index in [1.165, 1.54) is 29.8 Å². The Hall–Kier alpha value is -2.45. The van der Waals surface area contributed by atoms with E-state index in [-0.39, 0.29) is 11.4 Å². The number of pyridine rings is 1. The molecule has 0 saturated heterocycles. The van der Waals surface area contributed by atoms with Crippen LogP contribution in [0.15, 0.2) is 56.8 Å². The average Bonchev–Trinajstić information content (AvgIpc) is 2.81. The zero-order valence-electron chi connectivity index (χ0n) is 11.7. The summed E-state index contributed by atoms with van der Waals surface area (Å²) in [4.78, 5) is 15.4. The summed E-state index contributed by atoms with van der Waals surface area (Å²) in [5.74, 6) is -0.534. The molecule has 0 saturated carbocycles. The molecule has 0 fully saturated rings. The van der Waals surface area contributed by atoms with E-state index >= 15 is 0 Å². The first kappa shape index (κ1) is 14.5. The highest BCUT2D eigenvalue weighted by atomic mass is 32.2. The molecule has 0 unspecified atom stereocenters. The van der Waals surface area contributed by atoms with Crippen molar-refractivity contribution in [1.82, 2.24) is 14.3 Å². The molecule has 0 amide bonds. The fourth-order valence-corrected chi connectivity index (χ4v) is 3.08. The van der Waals surface area contributed by atoms with E-state index in [0.717, 1.165) is 5.56 Å². The fourth-order valence-electron chi connectivity index (χ4n) is 2.04. The van der Waals surface area contributed by atoms with Crippen molar-refractivity contribution in [3.05, 3.63) is 58.8 Å². The lowest BCUT2D eigenvalue weighted by atomic mass is 10.3. The Morgan fingerprint density at radius 2 is 2.14 bits per heavy atom. The molecule has 0 bridgehead atoms. The molecule has 1 N–H and O–H groups in total. The Kier molecular flexibility index (Phi) is 3.55. The molecule has 114 valence electrons. The molecule has 0 atom stereocenters. The first-order chi connectivity index (χ1) is 10.5. The number of nitrogens with zero attached hydrogens (tertiary/aromatic N) is 2. The highest BCUT2D eigenvalue weighted by molar-refractivity contribution is 7.89. The van der Waals surface area contributed by atoms with E-state index in [4.69, 9.17) is 4.42 Å². The molecule has 0 aliphatic carbocycles. The van der Waals surface area contributed by atoms with Gasteiger partial charge < -0.3 is 4.42 Å². The molecule has 8 heteroatoms. The first-order valence-electron chi connectivity index (χ1n) is 6.45. The van der Waals surface area contributed by atoms with Crippen molar-refractivity contribution < 1.29 is 12.8 Å². The fraction of sp³-hybridized carbons (Fsp3) is 0.143. The van der Waals surface area contributed by atoms with Gasteiger partial charge in [-0.15, -0.1) is 0 Å². The van der Waals surface area contributed by atoms with Gasteiger partial charge >= 0.3 is 5.76 Å². The van der Waals surface area contributed by atoms with Gasteiger partial charge in [0.1, 0.15) is 0 Å². The third-order valence-electron chi connectivity index (χ3n) is 3.26. The number of aromatic nitrogens is 2. The Bertz CT molecular complexity index is 974. The minimum Gasteiger partial charge on any atom is -0.408 e. The topological polar surface area (TPSA) is 94.2 Å². The van der Waals surface area contributed by atoms with E-state index in [2.05, 4.69) is 9.71 Å². The van der Waals surface area contributed by atoms with Crippen molar-refractivity contribution in [3.63, 3.8) is 0 Å². The molecule has 7 nitrogen and oxygen atoms in total.